The average Bonchev–Trinajstić information content (AvgIpc) is 3.25. The van der Waals surface area contributed by atoms with E-state index in [-0.39, 0.29) is 5.82 Å². The summed E-state index contributed by atoms with van der Waals surface area (Å²) in [6, 6.07) is 13.6. The van der Waals surface area contributed by atoms with Gasteiger partial charge in [-0.25, -0.2) is 9.97 Å². The molecule has 136 valence electrons. The zero-order valence-electron chi connectivity index (χ0n) is 14.5. The Balaban J connectivity index is 1.45. The van der Waals surface area contributed by atoms with Gasteiger partial charge in [0.1, 0.15) is 6.20 Å². The van der Waals surface area contributed by atoms with Crippen molar-refractivity contribution in [2.75, 3.05) is 11.9 Å². The zero-order chi connectivity index (χ0) is 18.8. The van der Waals surface area contributed by atoms with Gasteiger partial charge in [-0.1, -0.05) is 39.9 Å². The summed E-state index contributed by atoms with van der Waals surface area (Å²) in [4.78, 5) is 20.4. The minimum Gasteiger partial charge on any atom is -0.367 e. The van der Waals surface area contributed by atoms with Crippen LogP contribution in [0.1, 0.15) is 9.88 Å². The van der Waals surface area contributed by atoms with Crippen molar-refractivity contribution in [3.63, 3.8) is 0 Å². The summed E-state index contributed by atoms with van der Waals surface area (Å²) in [5.41, 5.74) is 2.57. The molecule has 0 aliphatic heterocycles. The highest BCUT2D eigenvalue weighted by Gasteiger charge is 2.16. The number of thiazole rings is 1. The molecular weight excluding hydrogens is 364 g/mol. The molecule has 3 aromatic heterocycles. The standard InChI is InChI=1S/C18H16N6O2S/c1-12-18(13-5-3-2-4-6-13)21-16(27-12)9-10-19-14-7-8-15-20-11-17(24(25)26)23(15)22-14/h2-8,11H,9-10H2,1H3,(H,19,22). The summed E-state index contributed by atoms with van der Waals surface area (Å²) in [5, 5.41) is 19.5. The van der Waals surface area contributed by atoms with Crippen LogP contribution in [-0.2, 0) is 6.42 Å². The molecule has 0 unspecified atom stereocenters. The van der Waals surface area contributed by atoms with Gasteiger partial charge in [0.25, 0.3) is 0 Å². The highest BCUT2D eigenvalue weighted by molar-refractivity contribution is 7.12. The molecule has 0 radical (unpaired) electrons. The van der Waals surface area contributed by atoms with Crippen molar-refractivity contribution in [2.24, 2.45) is 0 Å². The van der Waals surface area contributed by atoms with Crippen LogP contribution in [0.3, 0.4) is 0 Å². The van der Waals surface area contributed by atoms with Gasteiger partial charge in [-0.15, -0.1) is 11.3 Å². The smallest absolute Gasteiger partial charge is 0.367 e. The number of nitrogens with zero attached hydrogens (tertiary/aromatic N) is 5. The first-order valence-electron chi connectivity index (χ1n) is 8.36. The number of aromatic nitrogens is 4. The van der Waals surface area contributed by atoms with Crippen molar-refractivity contribution < 1.29 is 4.92 Å². The van der Waals surface area contributed by atoms with Crippen molar-refractivity contribution in [2.45, 2.75) is 13.3 Å². The van der Waals surface area contributed by atoms with Gasteiger partial charge in [-0.2, -0.15) is 0 Å². The number of nitrogens with one attached hydrogen (secondary N) is 1. The maximum atomic E-state index is 11.0. The number of imidazole rings is 1. The minimum atomic E-state index is -0.500. The Labute approximate surface area is 158 Å². The van der Waals surface area contributed by atoms with Crippen LogP contribution < -0.4 is 5.32 Å². The van der Waals surface area contributed by atoms with Crippen molar-refractivity contribution >= 4 is 28.6 Å². The lowest BCUT2D eigenvalue weighted by Gasteiger charge is -2.02. The van der Waals surface area contributed by atoms with Gasteiger partial charge in [0, 0.05) is 29.5 Å². The number of aryl methyl sites for hydroxylation is 1. The molecule has 0 spiro atoms. The summed E-state index contributed by atoms with van der Waals surface area (Å²) in [6.07, 6.45) is 1.94. The average molecular weight is 380 g/mol. The number of hydrogen-bond donors (Lipinski definition) is 1. The van der Waals surface area contributed by atoms with Crippen LogP contribution in [0.2, 0.25) is 0 Å². The lowest BCUT2D eigenvalue weighted by Crippen LogP contribution is -2.08. The molecule has 9 heteroatoms. The van der Waals surface area contributed by atoms with E-state index < -0.39 is 4.92 Å². The SMILES string of the molecule is Cc1sc(CCNc2ccc3ncc([N+](=O)[O-])n3n2)nc1-c1ccccc1. The van der Waals surface area contributed by atoms with E-state index in [0.29, 0.717) is 18.0 Å². The van der Waals surface area contributed by atoms with Crippen LogP contribution in [0, 0.1) is 17.0 Å². The second-order valence-corrected chi connectivity index (χ2v) is 7.21. The predicted octanol–water partition coefficient (Wildman–Crippen LogP) is 3.72. The molecule has 4 aromatic rings. The molecule has 4 rings (SSSR count). The van der Waals surface area contributed by atoms with Crippen LogP contribution in [-0.4, -0.2) is 31.1 Å². The van der Waals surface area contributed by atoms with Crippen LogP contribution in [0.25, 0.3) is 16.9 Å². The highest BCUT2D eigenvalue weighted by Crippen LogP contribution is 2.27. The molecule has 3 heterocycles. The van der Waals surface area contributed by atoms with Gasteiger partial charge in [0.2, 0.25) is 5.65 Å². The number of fused-ring (bicyclic) bond motifs is 1. The molecule has 0 aliphatic rings. The third-order valence-corrected chi connectivity index (χ3v) is 5.10. The molecule has 0 saturated heterocycles. The maximum absolute atomic E-state index is 11.0. The molecular formula is C18H16N6O2S. The predicted molar refractivity (Wildman–Crippen MR) is 104 cm³/mol. The fraction of sp³-hybridized carbons (Fsp3) is 0.167. The summed E-state index contributed by atoms with van der Waals surface area (Å²) in [5.74, 6) is 0.400. The van der Waals surface area contributed by atoms with Crippen LogP contribution >= 0.6 is 11.3 Å². The number of rotatable bonds is 6. The fourth-order valence-electron chi connectivity index (χ4n) is 2.80. The quantitative estimate of drug-likeness (QED) is 0.404. The zero-order valence-corrected chi connectivity index (χ0v) is 15.3. The van der Waals surface area contributed by atoms with Crippen molar-refractivity contribution in [3.8, 4) is 11.3 Å². The second-order valence-electron chi connectivity index (χ2n) is 5.92. The number of nitro groups is 1. The van der Waals surface area contributed by atoms with E-state index >= 15 is 0 Å². The van der Waals surface area contributed by atoms with Gasteiger partial charge in [-0.05, 0) is 17.9 Å². The topological polar surface area (TPSA) is 98.2 Å². The molecule has 1 N–H and O–H groups in total. The summed E-state index contributed by atoms with van der Waals surface area (Å²) >= 11 is 1.68. The molecule has 0 amide bonds. The van der Waals surface area contributed by atoms with E-state index in [0.717, 1.165) is 22.7 Å². The molecule has 0 atom stereocenters. The molecule has 1 aromatic carbocycles. The molecule has 27 heavy (non-hydrogen) atoms. The lowest BCUT2D eigenvalue weighted by molar-refractivity contribution is -0.391. The Morgan fingerprint density at radius 2 is 2.04 bits per heavy atom. The summed E-state index contributed by atoms with van der Waals surface area (Å²) < 4.78 is 1.23. The van der Waals surface area contributed by atoms with E-state index in [4.69, 9.17) is 4.98 Å². The van der Waals surface area contributed by atoms with E-state index in [2.05, 4.69) is 34.5 Å². The van der Waals surface area contributed by atoms with E-state index in [1.54, 1.807) is 23.5 Å². The van der Waals surface area contributed by atoms with Gasteiger partial charge in [0.15, 0.2) is 5.82 Å². The monoisotopic (exact) mass is 380 g/mol. The van der Waals surface area contributed by atoms with E-state index in [1.165, 1.54) is 15.6 Å². The van der Waals surface area contributed by atoms with Crippen LogP contribution in [0.15, 0.2) is 48.7 Å². The Kier molecular flexibility index (Phi) is 4.51. The van der Waals surface area contributed by atoms with E-state index in [1.807, 2.05) is 18.2 Å². The summed E-state index contributed by atoms with van der Waals surface area (Å²) in [7, 11) is 0. The third-order valence-electron chi connectivity index (χ3n) is 4.06. The van der Waals surface area contributed by atoms with Gasteiger partial charge >= 0.3 is 5.82 Å². The molecule has 8 nitrogen and oxygen atoms in total. The highest BCUT2D eigenvalue weighted by atomic mass is 32.1. The van der Waals surface area contributed by atoms with Crippen molar-refractivity contribution in [3.05, 3.63) is 68.7 Å². The molecule has 0 saturated carbocycles. The van der Waals surface area contributed by atoms with Crippen LogP contribution in [0.5, 0.6) is 0 Å². The second kappa shape index (κ2) is 7.12. The van der Waals surface area contributed by atoms with Crippen LogP contribution in [0.4, 0.5) is 11.6 Å². The Morgan fingerprint density at radius 3 is 2.81 bits per heavy atom. The first-order valence-corrected chi connectivity index (χ1v) is 9.18. The third kappa shape index (κ3) is 3.49. The summed E-state index contributed by atoms with van der Waals surface area (Å²) in [6.45, 7) is 2.70. The number of anilines is 1. The molecule has 0 bridgehead atoms. The minimum absolute atomic E-state index is 0.156. The lowest BCUT2D eigenvalue weighted by atomic mass is 10.1. The van der Waals surface area contributed by atoms with E-state index in [9.17, 15) is 10.1 Å². The first-order chi connectivity index (χ1) is 13.1. The maximum Gasteiger partial charge on any atom is 0.368 e. The van der Waals surface area contributed by atoms with Crippen molar-refractivity contribution in [1.29, 1.82) is 0 Å². The Hall–Kier alpha value is -3.33. The first kappa shape index (κ1) is 17.1. The molecule has 0 aliphatic carbocycles. The van der Waals surface area contributed by atoms with Gasteiger partial charge < -0.3 is 15.4 Å². The number of hydrogen-bond acceptors (Lipinski definition) is 7. The number of benzene rings is 1. The normalized spacial score (nSPS) is 11.0. The Bertz CT molecular complexity index is 1110. The Morgan fingerprint density at radius 1 is 1.22 bits per heavy atom. The molecule has 0 fully saturated rings. The van der Waals surface area contributed by atoms with Crippen molar-refractivity contribution in [1.82, 2.24) is 19.6 Å². The fourth-order valence-corrected chi connectivity index (χ4v) is 3.75. The largest absolute Gasteiger partial charge is 0.368 e. The van der Waals surface area contributed by atoms with Gasteiger partial charge in [0.05, 0.1) is 10.7 Å². The van der Waals surface area contributed by atoms with Gasteiger partial charge in [-0.3, -0.25) is 0 Å².